The van der Waals surface area contributed by atoms with E-state index in [0.717, 1.165) is 10.9 Å². The number of carbonyl (C=O) groups excluding carboxylic acids is 2. The van der Waals surface area contributed by atoms with Crippen LogP contribution >= 0.6 is 0 Å². The zero-order valence-corrected chi connectivity index (χ0v) is 18.3. The maximum absolute atomic E-state index is 13.0. The first-order valence-corrected chi connectivity index (χ1v) is 10.7. The van der Waals surface area contributed by atoms with Gasteiger partial charge in [0.15, 0.2) is 17.2 Å². The maximum atomic E-state index is 13.0. The molecular weight excluding hydrogens is 452 g/mol. The molecule has 3 amide bonds. The smallest absolute Gasteiger partial charge is 0.322 e. The molecule has 0 aliphatic carbocycles. The Kier molecular flexibility index (Phi) is 4.46. The van der Waals surface area contributed by atoms with Crippen molar-refractivity contribution in [2.24, 2.45) is 0 Å². The number of rotatable bonds is 5. The van der Waals surface area contributed by atoms with Gasteiger partial charge in [-0.25, -0.2) is 9.78 Å². The van der Waals surface area contributed by atoms with Crippen molar-refractivity contribution in [2.45, 2.75) is 12.1 Å². The molecule has 3 aromatic heterocycles. The van der Waals surface area contributed by atoms with Crippen molar-refractivity contribution >= 4 is 33.7 Å². The summed E-state index contributed by atoms with van der Waals surface area (Å²) in [7, 11) is 1.53. The fourth-order valence-electron chi connectivity index (χ4n) is 4.26. The molecule has 11 nitrogen and oxygen atoms in total. The van der Waals surface area contributed by atoms with Crippen molar-refractivity contribution in [3.8, 4) is 23.0 Å². The Morgan fingerprint density at radius 1 is 1.11 bits per heavy atom. The molecular formula is C24H18N6O5. The number of nitrogens with one attached hydrogen (secondary N) is 2. The number of fused-ring (bicyclic) bond motifs is 2. The largest absolute Gasteiger partial charge is 0.497 e. The molecule has 1 aliphatic rings. The highest BCUT2D eigenvalue weighted by atomic mass is 16.5. The highest BCUT2D eigenvalue weighted by Gasteiger charge is 2.51. The van der Waals surface area contributed by atoms with E-state index in [1.165, 1.54) is 17.7 Å². The van der Waals surface area contributed by atoms with Crippen LogP contribution in [-0.4, -0.2) is 43.8 Å². The van der Waals surface area contributed by atoms with Crippen LogP contribution < -0.4 is 15.4 Å². The molecule has 0 saturated carbocycles. The maximum Gasteiger partial charge on any atom is 0.322 e. The Hall–Kier alpha value is -4.93. The van der Waals surface area contributed by atoms with Crippen LogP contribution in [0.15, 0.2) is 65.4 Å². The molecule has 174 valence electrons. The lowest BCUT2D eigenvalue weighted by molar-refractivity contribution is -0.125. The van der Waals surface area contributed by atoms with E-state index < -0.39 is 17.5 Å². The predicted molar refractivity (Wildman–Crippen MR) is 124 cm³/mol. The third-order valence-electron chi connectivity index (χ3n) is 6.06. The number of methoxy groups -OCH3 is 1. The number of ether oxygens (including phenoxy) is 1. The number of aromatic hydroxyl groups is 1. The van der Waals surface area contributed by atoms with Crippen molar-refractivity contribution in [3.63, 3.8) is 0 Å². The highest BCUT2D eigenvalue weighted by molar-refractivity contribution is 6.07. The van der Waals surface area contributed by atoms with Crippen LogP contribution in [0.1, 0.15) is 5.76 Å². The summed E-state index contributed by atoms with van der Waals surface area (Å²) in [5.41, 5.74) is 0.545. The van der Waals surface area contributed by atoms with Crippen LogP contribution in [0.3, 0.4) is 0 Å². The molecule has 1 fully saturated rings. The zero-order valence-electron chi connectivity index (χ0n) is 18.3. The Morgan fingerprint density at radius 2 is 1.94 bits per heavy atom. The predicted octanol–water partition coefficient (Wildman–Crippen LogP) is 2.69. The van der Waals surface area contributed by atoms with Gasteiger partial charge < -0.3 is 24.3 Å². The van der Waals surface area contributed by atoms with Crippen molar-refractivity contribution in [1.29, 1.82) is 0 Å². The molecule has 2 aromatic carbocycles. The van der Waals surface area contributed by atoms with Gasteiger partial charge in [0.2, 0.25) is 0 Å². The minimum atomic E-state index is -1.65. The van der Waals surface area contributed by atoms with Gasteiger partial charge in [-0.15, -0.1) is 0 Å². The van der Waals surface area contributed by atoms with Gasteiger partial charge in [-0.05, 0) is 30.3 Å². The number of carbonyl (C=O) groups is 2. The Morgan fingerprint density at radius 3 is 2.71 bits per heavy atom. The summed E-state index contributed by atoms with van der Waals surface area (Å²) in [6.07, 6.45) is 3.23. The molecule has 1 saturated heterocycles. The molecule has 0 spiro atoms. The van der Waals surface area contributed by atoms with E-state index in [1.807, 2.05) is 24.3 Å². The van der Waals surface area contributed by atoms with Gasteiger partial charge in [-0.2, -0.15) is 0 Å². The second-order valence-corrected chi connectivity index (χ2v) is 8.17. The number of imide groups is 1. The quantitative estimate of drug-likeness (QED) is 0.333. The first-order valence-electron chi connectivity index (χ1n) is 10.7. The third kappa shape index (κ3) is 3.24. The summed E-state index contributed by atoms with van der Waals surface area (Å²) in [5.74, 6) is -0.0685. The van der Waals surface area contributed by atoms with Crippen molar-refractivity contribution < 1.29 is 24.0 Å². The van der Waals surface area contributed by atoms with E-state index in [4.69, 9.17) is 9.26 Å². The van der Waals surface area contributed by atoms with Crippen LogP contribution in [0.2, 0.25) is 0 Å². The van der Waals surface area contributed by atoms with Crippen molar-refractivity contribution in [2.75, 3.05) is 7.11 Å². The van der Waals surface area contributed by atoms with E-state index in [-0.39, 0.29) is 18.2 Å². The average molecular weight is 470 g/mol. The van der Waals surface area contributed by atoms with Crippen LogP contribution in [0, 0.1) is 0 Å². The number of urea groups is 1. The monoisotopic (exact) mass is 470 g/mol. The molecule has 0 bridgehead atoms. The summed E-state index contributed by atoms with van der Waals surface area (Å²) < 4.78 is 12.3. The standard InChI is InChI=1S/C24H18N6O5/c1-34-14-7-6-13-11-30(21(31)15(13)8-14)12-24(22(32)27-23(33)28-24)20-9-18(29-35-20)19-10-25-16-4-2-3-5-17(16)26-19/h2-11,31H,12H2,1H3,(H2,27,28,32,33)/t24-/m0/s1. The van der Waals surface area contributed by atoms with Crippen molar-refractivity contribution in [3.05, 3.63) is 66.7 Å². The zero-order chi connectivity index (χ0) is 24.2. The summed E-state index contributed by atoms with van der Waals surface area (Å²) >= 11 is 0. The van der Waals surface area contributed by atoms with Gasteiger partial charge in [0.1, 0.15) is 17.1 Å². The summed E-state index contributed by atoms with van der Waals surface area (Å²) in [6, 6.07) is 13.5. The third-order valence-corrected chi connectivity index (χ3v) is 6.06. The lowest BCUT2D eigenvalue weighted by Crippen LogP contribution is -2.47. The molecule has 0 radical (unpaired) electrons. The fourth-order valence-corrected chi connectivity index (χ4v) is 4.26. The molecule has 4 heterocycles. The number of hydrogen-bond acceptors (Lipinski definition) is 8. The summed E-state index contributed by atoms with van der Waals surface area (Å²) in [4.78, 5) is 34.2. The molecule has 6 rings (SSSR count). The van der Waals surface area contributed by atoms with E-state index in [9.17, 15) is 14.7 Å². The van der Waals surface area contributed by atoms with Gasteiger partial charge in [0, 0.05) is 23.0 Å². The van der Waals surface area contributed by atoms with Gasteiger partial charge in [-0.3, -0.25) is 15.1 Å². The van der Waals surface area contributed by atoms with Crippen LogP contribution in [0.25, 0.3) is 33.2 Å². The fraction of sp³-hybridized carbons (Fsp3) is 0.125. The van der Waals surface area contributed by atoms with Crippen molar-refractivity contribution in [1.82, 2.24) is 30.3 Å². The first-order chi connectivity index (χ1) is 17.0. The van der Waals surface area contributed by atoms with E-state index >= 15 is 0 Å². The second-order valence-electron chi connectivity index (χ2n) is 8.17. The lowest BCUT2D eigenvalue weighted by atomic mass is 9.95. The minimum absolute atomic E-state index is 0.0838. The van der Waals surface area contributed by atoms with Gasteiger partial charge in [0.05, 0.1) is 30.9 Å². The van der Waals surface area contributed by atoms with E-state index in [1.54, 1.807) is 30.6 Å². The van der Waals surface area contributed by atoms with Gasteiger partial charge in [-0.1, -0.05) is 17.3 Å². The van der Waals surface area contributed by atoms with Gasteiger partial charge in [0.25, 0.3) is 5.91 Å². The van der Waals surface area contributed by atoms with Crippen LogP contribution in [0.4, 0.5) is 4.79 Å². The Labute approximate surface area is 197 Å². The molecule has 11 heteroatoms. The Bertz CT molecular complexity index is 1640. The number of nitrogens with zero attached hydrogens (tertiary/aromatic N) is 4. The number of para-hydroxylation sites is 2. The second kappa shape index (κ2) is 7.55. The molecule has 35 heavy (non-hydrogen) atoms. The number of benzene rings is 2. The lowest BCUT2D eigenvalue weighted by Gasteiger charge is -2.23. The Balaban J connectivity index is 1.42. The van der Waals surface area contributed by atoms with Gasteiger partial charge >= 0.3 is 6.03 Å². The normalized spacial score (nSPS) is 17.6. The summed E-state index contributed by atoms with van der Waals surface area (Å²) in [6.45, 7) is -0.147. The average Bonchev–Trinajstić information content (AvgIpc) is 3.56. The molecule has 1 atom stereocenters. The van der Waals surface area contributed by atoms with E-state index in [2.05, 4.69) is 25.8 Å². The first kappa shape index (κ1) is 20.7. The number of amides is 3. The SMILES string of the molecule is COc1ccc2cn(C[C@@]3(c4cc(-c5cnc6ccccc6n5)no4)NC(=O)NC3=O)c(O)c2c1. The minimum Gasteiger partial charge on any atom is -0.497 e. The number of hydrogen-bond donors (Lipinski definition) is 3. The molecule has 0 unspecified atom stereocenters. The highest BCUT2D eigenvalue weighted by Crippen LogP contribution is 2.35. The van der Waals surface area contributed by atoms with E-state index in [0.29, 0.717) is 28.0 Å². The molecule has 5 aromatic rings. The molecule has 3 N–H and O–H groups in total. The number of aromatic nitrogens is 4. The summed E-state index contributed by atoms with van der Waals surface area (Å²) in [5, 5.41) is 21.1. The topological polar surface area (TPSA) is 144 Å². The molecule has 1 aliphatic heterocycles. The van der Waals surface area contributed by atoms with Crippen LogP contribution in [0.5, 0.6) is 11.6 Å². The van der Waals surface area contributed by atoms with Crippen LogP contribution in [-0.2, 0) is 16.9 Å².